The van der Waals surface area contributed by atoms with Crippen molar-refractivity contribution in [1.29, 1.82) is 0 Å². The number of hydrogen-bond donors (Lipinski definition) is 2. The molecule has 0 amide bonds. The monoisotopic (exact) mass is 282 g/mol. The highest BCUT2D eigenvalue weighted by atomic mass is 35.5. The first-order chi connectivity index (χ1) is 8.31. The molecule has 0 radical (unpaired) electrons. The van der Waals surface area contributed by atoms with Crippen LogP contribution in [0.2, 0.25) is 5.02 Å². The summed E-state index contributed by atoms with van der Waals surface area (Å²) < 4.78 is 36.9. The summed E-state index contributed by atoms with van der Waals surface area (Å²) in [6.07, 6.45) is -4.30. The van der Waals surface area contributed by atoms with E-state index in [1.807, 2.05) is 0 Å². The van der Waals surface area contributed by atoms with Crippen molar-refractivity contribution < 1.29 is 18.3 Å². The Morgan fingerprint density at radius 3 is 2.50 bits per heavy atom. The van der Waals surface area contributed by atoms with Crippen molar-refractivity contribution in [2.75, 3.05) is 25.4 Å². The third kappa shape index (κ3) is 5.12. The second-order valence-corrected chi connectivity index (χ2v) is 4.31. The number of nitrogens with two attached hydrogens (primary N) is 1. The van der Waals surface area contributed by atoms with Crippen molar-refractivity contribution in [3.05, 3.63) is 28.8 Å². The zero-order chi connectivity index (χ0) is 13.8. The van der Waals surface area contributed by atoms with E-state index in [1.165, 1.54) is 12.1 Å². The van der Waals surface area contributed by atoms with Crippen LogP contribution in [0.3, 0.4) is 0 Å². The lowest BCUT2D eigenvalue weighted by Crippen LogP contribution is -2.35. The summed E-state index contributed by atoms with van der Waals surface area (Å²) in [6.45, 7) is -1.40. The van der Waals surface area contributed by atoms with Crippen LogP contribution in [0, 0.1) is 0 Å². The largest absolute Gasteiger partial charge is 0.401 e. The molecule has 0 saturated heterocycles. The van der Waals surface area contributed by atoms with Crippen LogP contribution in [0.25, 0.3) is 0 Å². The van der Waals surface area contributed by atoms with Crippen LogP contribution in [0.4, 0.5) is 18.9 Å². The Labute approximate surface area is 108 Å². The molecule has 0 fully saturated rings. The Morgan fingerprint density at radius 2 is 2.00 bits per heavy atom. The van der Waals surface area contributed by atoms with Gasteiger partial charge < -0.3 is 10.8 Å². The van der Waals surface area contributed by atoms with E-state index in [-0.39, 0.29) is 19.7 Å². The van der Waals surface area contributed by atoms with Gasteiger partial charge in [0, 0.05) is 13.1 Å². The van der Waals surface area contributed by atoms with E-state index < -0.39 is 12.7 Å². The predicted octanol–water partition coefficient (Wildman–Crippen LogP) is 2.28. The number of hydrogen-bond acceptors (Lipinski definition) is 3. The van der Waals surface area contributed by atoms with E-state index in [0.717, 1.165) is 4.90 Å². The number of aliphatic hydroxyl groups is 1. The van der Waals surface area contributed by atoms with Crippen molar-refractivity contribution in [2.24, 2.45) is 0 Å². The molecule has 1 rings (SSSR count). The Morgan fingerprint density at radius 1 is 1.33 bits per heavy atom. The van der Waals surface area contributed by atoms with E-state index in [4.69, 9.17) is 22.4 Å². The van der Waals surface area contributed by atoms with Crippen LogP contribution in [-0.2, 0) is 6.54 Å². The fourth-order valence-corrected chi connectivity index (χ4v) is 1.68. The molecule has 0 aliphatic carbocycles. The van der Waals surface area contributed by atoms with Gasteiger partial charge in [0.05, 0.1) is 23.9 Å². The van der Waals surface area contributed by atoms with Gasteiger partial charge >= 0.3 is 6.18 Å². The lowest BCUT2D eigenvalue weighted by atomic mass is 10.2. The minimum absolute atomic E-state index is 0.0535. The summed E-state index contributed by atoms with van der Waals surface area (Å²) in [5.74, 6) is 0. The lowest BCUT2D eigenvalue weighted by molar-refractivity contribution is -0.147. The van der Waals surface area contributed by atoms with Gasteiger partial charge in [-0.3, -0.25) is 4.90 Å². The summed E-state index contributed by atoms with van der Waals surface area (Å²) in [4.78, 5) is 1.10. The molecule has 1 aromatic rings. The van der Waals surface area contributed by atoms with Crippen molar-refractivity contribution >= 4 is 17.3 Å². The van der Waals surface area contributed by atoms with Gasteiger partial charge in [-0.2, -0.15) is 13.2 Å². The third-order valence-electron chi connectivity index (χ3n) is 2.29. The number of rotatable bonds is 5. The number of alkyl halides is 3. The molecule has 0 aliphatic rings. The predicted molar refractivity (Wildman–Crippen MR) is 64.3 cm³/mol. The molecule has 0 bridgehead atoms. The average molecular weight is 283 g/mol. The maximum Gasteiger partial charge on any atom is 0.401 e. The first kappa shape index (κ1) is 15.1. The highest BCUT2D eigenvalue weighted by Crippen LogP contribution is 2.22. The summed E-state index contributed by atoms with van der Waals surface area (Å²) in [5.41, 5.74) is 6.52. The molecular formula is C11H14ClF3N2O. The van der Waals surface area contributed by atoms with Gasteiger partial charge in [0.15, 0.2) is 0 Å². The number of benzene rings is 1. The molecule has 18 heavy (non-hydrogen) atoms. The SMILES string of the molecule is Nc1cc(CN(CCO)CC(F)(F)F)ccc1Cl. The molecule has 0 aromatic heterocycles. The van der Waals surface area contributed by atoms with Crippen molar-refractivity contribution in [1.82, 2.24) is 4.90 Å². The Hall–Kier alpha value is -0.980. The summed E-state index contributed by atoms with van der Waals surface area (Å²) in [5, 5.41) is 9.12. The molecule has 0 unspecified atom stereocenters. The molecule has 3 nitrogen and oxygen atoms in total. The molecular weight excluding hydrogens is 269 g/mol. The van der Waals surface area contributed by atoms with Crippen LogP contribution in [0.1, 0.15) is 5.56 Å². The summed E-state index contributed by atoms with van der Waals surface area (Å²) in [7, 11) is 0. The van der Waals surface area contributed by atoms with Gasteiger partial charge in [-0.05, 0) is 17.7 Å². The van der Waals surface area contributed by atoms with Gasteiger partial charge in [-0.25, -0.2) is 0 Å². The van der Waals surface area contributed by atoms with Gasteiger partial charge in [0.2, 0.25) is 0 Å². The van der Waals surface area contributed by atoms with E-state index in [2.05, 4.69) is 0 Å². The van der Waals surface area contributed by atoms with E-state index in [9.17, 15) is 13.2 Å². The maximum absolute atomic E-state index is 12.3. The van der Waals surface area contributed by atoms with Crippen LogP contribution in [0.5, 0.6) is 0 Å². The number of anilines is 1. The molecule has 1 aromatic carbocycles. The van der Waals surface area contributed by atoms with Crippen molar-refractivity contribution in [3.8, 4) is 0 Å². The normalized spacial score (nSPS) is 12.1. The number of halogens is 4. The Balaban J connectivity index is 2.73. The summed E-state index contributed by atoms with van der Waals surface area (Å²) in [6, 6.07) is 4.68. The highest BCUT2D eigenvalue weighted by molar-refractivity contribution is 6.33. The van der Waals surface area contributed by atoms with Crippen LogP contribution in [0.15, 0.2) is 18.2 Å². The van der Waals surface area contributed by atoms with Gasteiger partial charge in [-0.15, -0.1) is 0 Å². The van der Waals surface area contributed by atoms with Crippen LogP contribution in [-0.4, -0.2) is 35.9 Å². The van der Waals surface area contributed by atoms with Gasteiger partial charge in [0.25, 0.3) is 0 Å². The van der Waals surface area contributed by atoms with E-state index >= 15 is 0 Å². The molecule has 3 N–H and O–H groups in total. The highest BCUT2D eigenvalue weighted by Gasteiger charge is 2.30. The van der Waals surface area contributed by atoms with Gasteiger partial charge in [0.1, 0.15) is 0 Å². The molecule has 0 atom stereocenters. The van der Waals surface area contributed by atoms with Crippen LogP contribution >= 0.6 is 11.6 Å². The molecule has 7 heteroatoms. The standard InChI is InChI=1S/C11H14ClF3N2O/c12-9-2-1-8(5-10(9)16)6-17(3-4-18)7-11(13,14)15/h1-2,5,18H,3-4,6-7,16H2. The molecule has 102 valence electrons. The average Bonchev–Trinajstić information content (AvgIpc) is 2.21. The molecule has 0 heterocycles. The minimum atomic E-state index is -4.30. The smallest absolute Gasteiger partial charge is 0.398 e. The molecule has 0 spiro atoms. The Bertz CT molecular complexity index is 398. The fraction of sp³-hybridized carbons (Fsp3) is 0.455. The minimum Gasteiger partial charge on any atom is -0.398 e. The second-order valence-electron chi connectivity index (χ2n) is 3.91. The maximum atomic E-state index is 12.3. The molecule has 0 aliphatic heterocycles. The number of aliphatic hydroxyl groups excluding tert-OH is 1. The van der Waals surface area contributed by atoms with E-state index in [1.54, 1.807) is 6.07 Å². The molecule has 0 saturated carbocycles. The first-order valence-electron chi connectivity index (χ1n) is 5.25. The zero-order valence-corrected chi connectivity index (χ0v) is 10.3. The zero-order valence-electron chi connectivity index (χ0n) is 9.54. The number of nitrogen functional groups attached to an aromatic ring is 1. The van der Waals surface area contributed by atoms with E-state index in [0.29, 0.717) is 16.3 Å². The Kier molecular flexibility index (Phi) is 5.25. The quantitative estimate of drug-likeness (QED) is 0.815. The lowest BCUT2D eigenvalue weighted by Gasteiger charge is -2.22. The topological polar surface area (TPSA) is 49.5 Å². The van der Waals surface area contributed by atoms with Crippen molar-refractivity contribution in [3.63, 3.8) is 0 Å². The van der Waals surface area contributed by atoms with Crippen LogP contribution < -0.4 is 5.73 Å². The van der Waals surface area contributed by atoms with Gasteiger partial charge in [-0.1, -0.05) is 17.7 Å². The fourth-order valence-electron chi connectivity index (χ4n) is 1.56. The number of nitrogens with zero attached hydrogens (tertiary/aromatic N) is 1. The second kappa shape index (κ2) is 6.26. The summed E-state index contributed by atoms with van der Waals surface area (Å²) >= 11 is 5.73. The van der Waals surface area contributed by atoms with Crippen molar-refractivity contribution in [2.45, 2.75) is 12.7 Å². The third-order valence-corrected chi connectivity index (χ3v) is 2.63. The first-order valence-corrected chi connectivity index (χ1v) is 5.63.